The van der Waals surface area contributed by atoms with Crippen molar-refractivity contribution in [2.45, 2.75) is 25.7 Å². The molecule has 1 heterocycles. The molecule has 2 N–H and O–H groups in total. The van der Waals surface area contributed by atoms with Gasteiger partial charge in [0.2, 0.25) is 0 Å². The van der Waals surface area contributed by atoms with Gasteiger partial charge in [0.05, 0.1) is 0 Å². The first kappa shape index (κ1) is 11.8. The lowest BCUT2D eigenvalue weighted by Gasteiger charge is -2.18. The minimum Gasteiger partial charge on any atom is -0.361 e. The summed E-state index contributed by atoms with van der Waals surface area (Å²) in [5.74, 6) is 1.72. The number of hydrogen-bond acceptors (Lipinski definition) is 1. The molecule has 0 radical (unpaired) electrons. The third-order valence-electron chi connectivity index (χ3n) is 4.44. The maximum absolute atomic E-state index is 3.39. The highest BCUT2D eigenvalue weighted by Crippen LogP contribution is 2.35. The topological polar surface area (TPSA) is 27.8 Å². The van der Waals surface area contributed by atoms with Crippen molar-refractivity contribution in [1.29, 1.82) is 0 Å². The molecule has 1 aromatic carbocycles. The molecule has 2 atom stereocenters. The van der Waals surface area contributed by atoms with E-state index in [1.54, 1.807) is 0 Å². The second-order valence-electron chi connectivity index (χ2n) is 5.57. The van der Waals surface area contributed by atoms with Crippen molar-refractivity contribution in [2.75, 3.05) is 13.6 Å². The molecule has 1 aliphatic rings. The molecular weight excluding hydrogens is 220 g/mol. The van der Waals surface area contributed by atoms with Gasteiger partial charge in [0, 0.05) is 17.1 Å². The summed E-state index contributed by atoms with van der Waals surface area (Å²) in [5, 5.41) is 4.76. The summed E-state index contributed by atoms with van der Waals surface area (Å²) in [6, 6.07) is 8.64. The van der Waals surface area contributed by atoms with E-state index in [2.05, 4.69) is 47.8 Å². The monoisotopic (exact) mass is 242 g/mol. The highest BCUT2D eigenvalue weighted by molar-refractivity contribution is 5.83. The molecule has 1 saturated carbocycles. The molecular formula is C16H22N2. The maximum Gasteiger partial charge on any atom is 0.0456 e. The summed E-state index contributed by atoms with van der Waals surface area (Å²) in [6.45, 7) is 1.17. The van der Waals surface area contributed by atoms with Gasteiger partial charge in [-0.1, -0.05) is 24.6 Å². The molecule has 0 spiro atoms. The van der Waals surface area contributed by atoms with Crippen LogP contribution in [0.4, 0.5) is 0 Å². The zero-order valence-electron chi connectivity index (χ0n) is 11.1. The molecule has 0 aliphatic heterocycles. The van der Waals surface area contributed by atoms with Gasteiger partial charge in [-0.3, -0.25) is 0 Å². The number of aromatic amines is 1. The second-order valence-corrected chi connectivity index (χ2v) is 5.57. The minimum absolute atomic E-state index is 0.858. The fourth-order valence-corrected chi connectivity index (χ4v) is 3.50. The summed E-state index contributed by atoms with van der Waals surface area (Å²) >= 11 is 0. The van der Waals surface area contributed by atoms with E-state index >= 15 is 0 Å². The van der Waals surface area contributed by atoms with Crippen molar-refractivity contribution in [3.8, 4) is 0 Å². The molecule has 1 aromatic heterocycles. The van der Waals surface area contributed by atoms with Crippen LogP contribution in [0.15, 0.2) is 30.5 Å². The lowest BCUT2D eigenvalue weighted by molar-refractivity contribution is 0.375. The number of aromatic nitrogens is 1. The van der Waals surface area contributed by atoms with Gasteiger partial charge in [0.25, 0.3) is 0 Å². The van der Waals surface area contributed by atoms with Crippen LogP contribution >= 0.6 is 0 Å². The van der Waals surface area contributed by atoms with E-state index in [1.165, 1.54) is 48.7 Å². The third-order valence-corrected chi connectivity index (χ3v) is 4.44. The van der Waals surface area contributed by atoms with E-state index in [-0.39, 0.29) is 0 Å². The van der Waals surface area contributed by atoms with Crippen LogP contribution in [0.1, 0.15) is 24.8 Å². The second kappa shape index (κ2) is 5.15. The van der Waals surface area contributed by atoms with Gasteiger partial charge >= 0.3 is 0 Å². The maximum atomic E-state index is 3.39. The molecule has 1 fully saturated rings. The Labute approximate surface area is 109 Å². The van der Waals surface area contributed by atoms with Crippen molar-refractivity contribution in [3.63, 3.8) is 0 Å². The number of hydrogen-bond donors (Lipinski definition) is 2. The van der Waals surface area contributed by atoms with Gasteiger partial charge < -0.3 is 10.3 Å². The van der Waals surface area contributed by atoms with Gasteiger partial charge in [-0.25, -0.2) is 0 Å². The smallest absolute Gasteiger partial charge is 0.0456 e. The number of H-pyrrole nitrogens is 1. The molecule has 2 nitrogen and oxygen atoms in total. The van der Waals surface area contributed by atoms with Gasteiger partial charge in [-0.05, 0) is 56.3 Å². The summed E-state index contributed by atoms with van der Waals surface area (Å²) in [6.07, 6.45) is 7.63. The van der Waals surface area contributed by atoms with Crippen LogP contribution in [0.25, 0.3) is 10.9 Å². The van der Waals surface area contributed by atoms with Crippen molar-refractivity contribution < 1.29 is 0 Å². The van der Waals surface area contributed by atoms with Crippen LogP contribution in [0.3, 0.4) is 0 Å². The zero-order valence-corrected chi connectivity index (χ0v) is 11.1. The van der Waals surface area contributed by atoms with Gasteiger partial charge in [-0.15, -0.1) is 0 Å². The predicted octanol–water partition coefficient (Wildman–Crippen LogP) is 3.35. The molecule has 18 heavy (non-hydrogen) atoms. The summed E-state index contributed by atoms with van der Waals surface area (Å²) in [5.41, 5.74) is 2.77. The Hall–Kier alpha value is -1.28. The molecule has 1 aliphatic carbocycles. The molecule has 96 valence electrons. The van der Waals surface area contributed by atoms with E-state index in [0.29, 0.717) is 0 Å². The molecule has 2 heteroatoms. The Morgan fingerprint density at radius 2 is 2.06 bits per heavy atom. The van der Waals surface area contributed by atoms with Gasteiger partial charge in [-0.2, -0.15) is 0 Å². The molecule has 0 amide bonds. The summed E-state index contributed by atoms with van der Waals surface area (Å²) in [4.78, 5) is 3.39. The normalized spacial score (nSPS) is 23.8. The fraction of sp³-hybridized carbons (Fsp3) is 0.500. The lowest BCUT2D eigenvalue weighted by atomic mass is 9.89. The van der Waals surface area contributed by atoms with E-state index in [0.717, 1.165) is 11.8 Å². The number of para-hydroxylation sites is 1. The summed E-state index contributed by atoms with van der Waals surface area (Å²) < 4.78 is 0. The molecule has 0 bridgehead atoms. The Bertz CT molecular complexity index is 515. The van der Waals surface area contributed by atoms with Crippen LogP contribution < -0.4 is 5.32 Å². The predicted molar refractivity (Wildman–Crippen MR) is 76.8 cm³/mol. The first-order valence-corrected chi connectivity index (χ1v) is 7.08. The van der Waals surface area contributed by atoms with Crippen molar-refractivity contribution in [3.05, 3.63) is 36.0 Å². The largest absolute Gasteiger partial charge is 0.361 e. The van der Waals surface area contributed by atoms with E-state index in [9.17, 15) is 0 Å². The third kappa shape index (κ3) is 2.17. The van der Waals surface area contributed by atoms with Crippen LogP contribution in [0.2, 0.25) is 0 Å². The van der Waals surface area contributed by atoms with Crippen molar-refractivity contribution in [1.82, 2.24) is 10.3 Å². The van der Waals surface area contributed by atoms with Crippen molar-refractivity contribution in [2.24, 2.45) is 11.8 Å². The van der Waals surface area contributed by atoms with E-state index in [4.69, 9.17) is 0 Å². The highest BCUT2D eigenvalue weighted by atomic mass is 14.8. The minimum atomic E-state index is 0.858. The van der Waals surface area contributed by atoms with Gasteiger partial charge in [0.15, 0.2) is 0 Å². The standard InChI is InChI=1S/C16H22N2/c1-17-10-13-6-4-5-12(13)9-14-11-18-16-8-3-2-7-15(14)16/h2-3,7-8,11-13,17-18H,4-6,9-10H2,1H3. The number of rotatable bonds is 4. The SMILES string of the molecule is CNCC1CCCC1Cc1c[nH]c2ccccc12. The summed E-state index contributed by atoms with van der Waals surface area (Å²) in [7, 11) is 2.07. The van der Waals surface area contributed by atoms with Gasteiger partial charge in [0.1, 0.15) is 0 Å². The van der Waals surface area contributed by atoms with E-state index < -0.39 is 0 Å². The van der Waals surface area contributed by atoms with Crippen LogP contribution in [0.5, 0.6) is 0 Å². The number of nitrogens with one attached hydrogen (secondary N) is 2. The number of benzene rings is 1. The average Bonchev–Trinajstić information content (AvgIpc) is 2.99. The Morgan fingerprint density at radius 3 is 2.94 bits per heavy atom. The van der Waals surface area contributed by atoms with Crippen LogP contribution in [-0.4, -0.2) is 18.6 Å². The first-order valence-electron chi connectivity index (χ1n) is 7.08. The molecule has 2 unspecified atom stereocenters. The number of fused-ring (bicyclic) bond motifs is 1. The highest BCUT2D eigenvalue weighted by Gasteiger charge is 2.27. The van der Waals surface area contributed by atoms with Crippen molar-refractivity contribution >= 4 is 10.9 Å². The molecule has 2 aromatic rings. The average molecular weight is 242 g/mol. The van der Waals surface area contributed by atoms with E-state index in [1.807, 2.05) is 0 Å². The lowest BCUT2D eigenvalue weighted by Crippen LogP contribution is -2.23. The first-order chi connectivity index (χ1) is 8.88. The quantitative estimate of drug-likeness (QED) is 0.845. The van der Waals surface area contributed by atoms with Crippen LogP contribution in [-0.2, 0) is 6.42 Å². The molecule has 3 rings (SSSR count). The Morgan fingerprint density at radius 1 is 1.22 bits per heavy atom. The molecule has 0 saturated heterocycles. The zero-order chi connectivity index (χ0) is 12.4. The van der Waals surface area contributed by atoms with Crippen LogP contribution in [0, 0.1) is 11.8 Å². The fourth-order valence-electron chi connectivity index (χ4n) is 3.50. The Balaban J connectivity index is 1.79. The Kier molecular flexibility index (Phi) is 3.37.